The number of ether oxygens (including phenoxy) is 4. The molecule has 11 nitrogen and oxygen atoms in total. The highest BCUT2D eigenvalue weighted by Gasteiger charge is 2.66. The minimum absolute atomic E-state index is 0.00734. The maximum atomic E-state index is 12.5. The molecule has 3 fully saturated rings. The monoisotopic (exact) mass is 496 g/mol. The van der Waals surface area contributed by atoms with E-state index >= 15 is 0 Å². The van der Waals surface area contributed by atoms with Crippen molar-refractivity contribution in [2.24, 2.45) is 11.7 Å². The zero-order valence-electron chi connectivity index (χ0n) is 21.5. The first-order valence-corrected chi connectivity index (χ1v) is 12.2. The summed E-state index contributed by atoms with van der Waals surface area (Å²) in [5.41, 5.74) is 6.31. The lowest BCUT2D eigenvalue weighted by molar-refractivity contribution is -0.128. The van der Waals surface area contributed by atoms with Gasteiger partial charge in [0, 0.05) is 33.2 Å². The Bertz CT molecular complexity index is 812. The van der Waals surface area contributed by atoms with Crippen LogP contribution in [0.25, 0.3) is 0 Å². The van der Waals surface area contributed by atoms with Gasteiger partial charge < -0.3 is 29.6 Å². The first kappa shape index (κ1) is 27.5. The maximum Gasteiger partial charge on any atom is 0.414 e. The fraction of sp³-hybridized carbons (Fsp3) is 0.792. The first-order chi connectivity index (χ1) is 16.6. The molecule has 6 unspecified atom stereocenters. The number of nitrogens with zero attached hydrogens (tertiary/aromatic N) is 2. The molecule has 0 bridgehead atoms. The third kappa shape index (κ3) is 7.23. The molecule has 2 heterocycles. The summed E-state index contributed by atoms with van der Waals surface area (Å²) in [7, 11) is 4.99. The summed E-state index contributed by atoms with van der Waals surface area (Å²) < 4.78 is 23.3. The number of amides is 3. The standard InChI is InChI=1S/C24H40N4O7/c1-15(2)6-7-16-22(34-16)20-21(32-5)17(8-9-24(20)14-33-24)35-23(31)26-18(29)13-27(3)10-11-28(4)19(30)12-25/h6,16-17,20-22H,7-14,25H2,1-5H3,(H,26,29,31). The lowest BCUT2D eigenvalue weighted by Gasteiger charge is -2.39. The van der Waals surface area contributed by atoms with Crippen molar-refractivity contribution < 1.29 is 33.3 Å². The number of carbonyl (C=O) groups excluding carboxylic acids is 3. The predicted octanol–water partition coefficient (Wildman–Crippen LogP) is 0.274. The molecule has 3 rings (SSSR count). The van der Waals surface area contributed by atoms with Crippen molar-refractivity contribution in [2.45, 2.75) is 63.1 Å². The van der Waals surface area contributed by atoms with Crippen LogP contribution in [0, 0.1) is 5.92 Å². The zero-order valence-corrected chi connectivity index (χ0v) is 21.5. The van der Waals surface area contributed by atoms with Crippen molar-refractivity contribution in [1.29, 1.82) is 0 Å². The Labute approximate surface area is 207 Å². The van der Waals surface area contributed by atoms with Crippen molar-refractivity contribution in [3.63, 3.8) is 0 Å². The van der Waals surface area contributed by atoms with E-state index in [2.05, 4.69) is 25.2 Å². The lowest BCUT2D eigenvalue weighted by atomic mass is 9.73. The van der Waals surface area contributed by atoms with Crippen LogP contribution in [-0.4, -0.2) is 112 Å². The Morgan fingerprint density at radius 3 is 2.54 bits per heavy atom. The molecule has 1 aliphatic carbocycles. The van der Waals surface area contributed by atoms with Gasteiger partial charge in [0.05, 0.1) is 37.5 Å². The van der Waals surface area contributed by atoms with Crippen molar-refractivity contribution in [2.75, 3.05) is 54.0 Å². The highest BCUT2D eigenvalue weighted by molar-refractivity contribution is 5.92. The summed E-state index contributed by atoms with van der Waals surface area (Å²) in [6, 6.07) is 0. The van der Waals surface area contributed by atoms with Crippen LogP contribution in [0.2, 0.25) is 0 Å². The van der Waals surface area contributed by atoms with Gasteiger partial charge in [-0.1, -0.05) is 11.6 Å². The van der Waals surface area contributed by atoms with E-state index in [1.165, 1.54) is 10.5 Å². The number of hydrogen-bond acceptors (Lipinski definition) is 9. The molecule has 0 radical (unpaired) electrons. The molecule has 3 N–H and O–H groups in total. The summed E-state index contributed by atoms with van der Waals surface area (Å²) in [5.74, 6) is -0.700. The van der Waals surface area contributed by atoms with Gasteiger partial charge in [-0.25, -0.2) is 4.79 Å². The van der Waals surface area contributed by atoms with E-state index in [0.29, 0.717) is 26.1 Å². The average Bonchev–Trinajstić information content (AvgIpc) is 3.73. The second-order valence-corrected chi connectivity index (χ2v) is 10.0. The summed E-state index contributed by atoms with van der Waals surface area (Å²) in [5, 5.41) is 2.29. The van der Waals surface area contributed by atoms with Crippen LogP contribution in [0.1, 0.15) is 33.1 Å². The summed E-state index contributed by atoms with van der Waals surface area (Å²) in [4.78, 5) is 39.6. The SMILES string of the molecule is COC1C(OC(=O)NC(=O)CN(C)CCN(C)C(=O)CN)CCC2(CO2)C1C1OC1CC=C(C)C. The number of methoxy groups -OCH3 is 1. The number of nitrogens with one attached hydrogen (secondary N) is 1. The Morgan fingerprint density at radius 1 is 1.23 bits per heavy atom. The molecular weight excluding hydrogens is 456 g/mol. The fourth-order valence-corrected chi connectivity index (χ4v) is 4.85. The Morgan fingerprint density at radius 2 is 1.94 bits per heavy atom. The topological polar surface area (TPSA) is 139 Å². The van der Waals surface area contributed by atoms with E-state index in [1.54, 1.807) is 26.1 Å². The van der Waals surface area contributed by atoms with Gasteiger partial charge in [0.25, 0.3) is 0 Å². The van der Waals surface area contributed by atoms with Gasteiger partial charge in [0.15, 0.2) is 0 Å². The van der Waals surface area contributed by atoms with Crippen molar-refractivity contribution in [3.8, 4) is 0 Å². The molecule has 0 aromatic carbocycles. The lowest BCUT2D eigenvalue weighted by Crippen LogP contribution is -2.53. The second kappa shape index (κ2) is 11.8. The molecule has 1 saturated carbocycles. The zero-order chi connectivity index (χ0) is 25.8. The predicted molar refractivity (Wildman–Crippen MR) is 128 cm³/mol. The molecule has 0 aromatic heterocycles. The van der Waals surface area contributed by atoms with Gasteiger partial charge in [0.1, 0.15) is 12.2 Å². The summed E-state index contributed by atoms with van der Waals surface area (Å²) in [6.07, 6.45) is 2.75. The van der Waals surface area contributed by atoms with Crippen LogP contribution in [0.15, 0.2) is 11.6 Å². The van der Waals surface area contributed by atoms with Crippen LogP contribution < -0.4 is 11.1 Å². The summed E-state index contributed by atoms with van der Waals surface area (Å²) in [6.45, 7) is 5.58. The molecule has 6 atom stereocenters. The smallest absolute Gasteiger partial charge is 0.414 e. The minimum Gasteiger partial charge on any atom is -0.443 e. The molecule has 198 valence electrons. The van der Waals surface area contributed by atoms with Crippen LogP contribution in [0.5, 0.6) is 0 Å². The van der Waals surface area contributed by atoms with Crippen LogP contribution in [-0.2, 0) is 28.5 Å². The van der Waals surface area contributed by atoms with E-state index in [0.717, 1.165) is 12.8 Å². The van der Waals surface area contributed by atoms with E-state index in [4.69, 9.17) is 24.7 Å². The second-order valence-electron chi connectivity index (χ2n) is 10.0. The van der Waals surface area contributed by atoms with E-state index in [-0.39, 0.29) is 48.8 Å². The Hall–Kier alpha value is -2.05. The van der Waals surface area contributed by atoms with Crippen LogP contribution >= 0.6 is 0 Å². The van der Waals surface area contributed by atoms with E-state index in [1.807, 2.05) is 0 Å². The molecule has 3 aliphatic rings. The van der Waals surface area contributed by atoms with Gasteiger partial charge >= 0.3 is 6.09 Å². The van der Waals surface area contributed by atoms with Gasteiger partial charge in [-0.2, -0.15) is 0 Å². The number of likely N-dealkylation sites (N-methyl/N-ethyl adjacent to an activating group) is 2. The number of nitrogens with two attached hydrogens (primary N) is 1. The van der Waals surface area contributed by atoms with Gasteiger partial charge in [-0.3, -0.25) is 19.8 Å². The Kier molecular flexibility index (Phi) is 9.28. The maximum absolute atomic E-state index is 12.5. The van der Waals surface area contributed by atoms with E-state index in [9.17, 15) is 14.4 Å². The first-order valence-electron chi connectivity index (χ1n) is 12.2. The van der Waals surface area contributed by atoms with E-state index < -0.39 is 18.1 Å². The number of rotatable bonds is 11. The number of epoxide rings is 2. The Balaban J connectivity index is 1.49. The molecule has 11 heteroatoms. The molecule has 2 aliphatic heterocycles. The quantitative estimate of drug-likeness (QED) is 0.305. The number of carbonyl (C=O) groups is 3. The summed E-state index contributed by atoms with van der Waals surface area (Å²) >= 11 is 0. The highest BCUT2D eigenvalue weighted by Crippen LogP contribution is 2.54. The molecule has 35 heavy (non-hydrogen) atoms. The number of imide groups is 1. The molecule has 0 aromatic rings. The molecule has 3 amide bonds. The van der Waals surface area contributed by atoms with Gasteiger partial charge in [0.2, 0.25) is 11.8 Å². The van der Waals surface area contributed by atoms with Crippen LogP contribution in [0.3, 0.4) is 0 Å². The van der Waals surface area contributed by atoms with Crippen molar-refractivity contribution in [3.05, 3.63) is 11.6 Å². The number of alkyl carbamates (subject to hydrolysis) is 1. The fourth-order valence-electron chi connectivity index (χ4n) is 4.85. The minimum atomic E-state index is -0.796. The largest absolute Gasteiger partial charge is 0.443 e. The van der Waals surface area contributed by atoms with Crippen molar-refractivity contribution in [1.82, 2.24) is 15.1 Å². The number of allylic oxidation sites excluding steroid dienone is 1. The van der Waals surface area contributed by atoms with Gasteiger partial charge in [-0.05, 0) is 40.2 Å². The van der Waals surface area contributed by atoms with Crippen LogP contribution in [0.4, 0.5) is 4.79 Å². The molecule has 1 spiro atoms. The normalized spacial score (nSPS) is 31.1. The molecule has 2 saturated heterocycles. The highest BCUT2D eigenvalue weighted by atomic mass is 16.6. The third-order valence-corrected chi connectivity index (χ3v) is 7.03. The average molecular weight is 497 g/mol. The third-order valence-electron chi connectivity index (χ3n) is 7.03. The number of hydrogen-bond donors (Lipinski definition) is 2. The van der Waals surface area contributed by atoms with Crippen molar-refractivity contribution >= 4 is 17.9 Å². The molecular formula is C24H40N4O7. The van der Waals surface area contributed by atoms with Gasteiger partial charge in [-0.15, -0.1) is 0 Å².